The van der Waals surface area contributed by atoms with Gasteiger partial charge in [-0.1, -0.05) is 46.9 Å². The lowest BCUT2D eigenvalue weighted by Gasteiger charge is -2.07. The number of oxime groups is 1. The topological polar surface area (TPSA) is 56.8 Å². The highest BCUT2D eigenvalue weighted by Crippen LogP contribution is 2.22. The fourth-order valence-electron chi connectivity index (χ4n) is 1.54. The molecular formula is C14H11Cl3N2O2. The molecule has 0 aliphatic carbocycles. The van der Waals surface area contributed by atoms with Crippen molar-refractivity contribution in [3.05, 3.63) is 68.7 Å². The van der Waals surface area contributed by atoms with Gasteiger partial charge in [0.2, 0.25) is 0 Å². The van der Waals surface area contributed by atoms with Crippen molar-refractivity contribution in [1.82, 2.24) is 0 Å². The highest BCUT2D eigenvalue weighted by atomic mass is 35.5. The maximum absolute atomic E-state index is 6.05. The van der Waals surface area contributed by atoms with E-state index in [4.69, 9.17) is 50.4 Å². The SMILES string of the molecule is NOC(=NOCc1ccc(Cl)cc1)c1ccc(Cl)cc1Cl. The molecule has 4 nitrogen and oxygen atoms in total. The van der Waals surface area contributed by atoms with Crippen LogP contribution < -0.4 is 5.90 Å². The Morgan fingerprint density at radius 1 is 1.00 bits per heavy atom. The second-order valence-corrected chi connectivity index (χ2v) is 5.32. The summed E-state index contributed by atoms with van der Waals surface area (Å²) >= 11 is 17.7. The first kappa shape index (κ1) is 15.9. The zero-order chi connectivity index (χ0) is 15.2. The molecule has 0 aliphatic rings. The van der Waals surface area contributed by atoms with Gasteiger partial charge in [-0.2, -0.15) is 5.90 Å². The van der Waals surface area contributed by atoms with Gasteiger partial charge in [-0.25, -0.2) is 0 Å². The molecule has 2 N–H and O–H groups in total. The molecule has 2 aromatic carbocycles. The lowest BCUT2D eigenvalue weighted by molar-refractivity contribution is 0.119. The van der Waals surface area contributed by atoms with Crippen LogP contribution in [-0.2, 0) is 16.3 Å². The third-order valence-corrected chi connectivity index (χ3v) is 3.36. The molecule has 0 fully saturated rings. The molecule has 7 heteroatoms. The van der Waals surface area contributed by atoms with Crippen LogP contribution in [0.3, 0.4) is 0 Å². The van der Waals surface area contributed by atoms with Gasteiger partial charge >= 0.3 is 0 Å². The summed E-state index contributed by atoms with van der Waals surface area (Å²) in [6.07, 6.45) is 0. The summed E-state index contributed by atoms with van der Waals surface area (Å²) in [5, 5.41) is 5.35. The van der Waals surface area contributed by atoms with Crippen molar-refractivity contribution in [2.45, 2.75) is 6.61 Å². The lowest BCUT2D eigenvalue weighted by Crippen LogP contribution is -2.13. The molecule has 110 valence electrons. The molecule has 0 aromatic heterocycles. The molecular weight excluding hydrogens is 335 g/mol. The number of nitrogens with zero attached hydrogens (tertiary/aromatic N) is 1. The average molecular weight is 346 g/mol. The number of nitrogens with two attached hydrogens (primary N) is 1. The van der Waals surface area contributed by atoms with Gasteiger partial charge < -0.3 is 9.68 Å². The molecule has 2 aromatic rings. The maximum atomic E-state index is 6.05. The van der Waals surface area contributed by atoms with Gasteiger partial charge in [-0.15, -0.1) is 0 Å². The van der Waals surface area contributed by atoms with Crippen LogP contribution in [0.25, 0.3) is 0 Å². The minimum absolute atomic E-state index is 0.0608. The van der Waals surface area contributed by atoms with Crippen molar-refractivity contribution in [2.75, 3.05) is 0 Å². The monoisotopic (exact) mass is 344 g/mol. The van der Waals surface area contributed by atoms with Gasteiger partial charge in [-0.3, -0.25) is 0 Å². The largest absolute Gasteiger partial charge is 0.388 e. The van der Waals surface area contributed by atoms with Crippen molar-refractivity contribution in [2.24, 2.45) is 11.1 Å². The third-order valence-electron chi connectivity index (χ3n) is 2.57. The number of hydrogen-bond donors (Lipinski definition) is 1. The Morgan fingerprint density at radius 2 is 1.67 bits per heavy atom. The Morgan fingerprint density at radius 3 is 2.29 bits per heavy atom. The summed E-state index contributed by atoms with van der Waals surface area (Å²) < 4.78 is 0. The Kier molecular flexibility index (Phi) is 5.70. The van der Waals surface area contributed by atoms with E-state index in [0.29, 0.717) is 20.6 Å². The van der Waals surface area contributed by atoms with Crippen LogP contribution in [0.4, 0.5) is 0 Å². The molecule has 0 saturated carbocycles. The Bertz CT molecular complexity index is 645. The van der Waals surface area contributed by atoms with Crippen LogP contribution in [0.5, 0.6) is 0 Å². The van der Waals surface area contributed by atoms with Crippen molar-refractivity contribution in [1.29, 1.82) is 0 Å². The fraction of sp³-hybridized carbons (Fsp3) is 0.0714. The average Bonchev–Trinajstić information content (AvgIpc) is 2.46. The molecule has 2 rings (SSSR count). The summed E-state index contributed by atoms with van der Waals surface area (Å²) in [6.45, 7) is 0.245. The zero-order valence-electron chi connectivity index (χ0n) is 10.7. The molecule has 0 heterocycles. The van der Waals surface area contributed by atoms with E-state index < -0.39 is 0 Å². The highest BCUT2D eigenvalue weighted by molar-refractivity contribution is 6.36. The van der Waals surface area contributed by atoms with E-state index in [1.165, 1.54) is 0 Å². The van der Waals surface area contributed by atoms with Crippen molar-refractivity contribution >= 4 is 40.7 Å². The summed E-state index contributed by atoms with van der Waals surface area (Å²) in [4.78, 5) is 9.89. The Balaban J connectivity index is 2.08. The van der Waals surface area contributed by atoms with Crippen LogP contribution in [0.1, 0.15) is 11.1 Å². The maximum Gasteiger partial charge on any atom is 0.281 e. The lowest BCUT2D eigenvalue weighted by atomic mass is 10.2. The van der Waals surface area contributed by atoms with Crippen molar-refractivity contribution in [3.63, 3.8) is 0 Å². The Labute approximate surface area is 136 Å². The molecule has 0 saturated heterocycles. The first-order chi connectivity index (χ1) is 10.1. The van der Waals surface area contributed by atoms with Crippen molar-refractivity contribution < 1.29 is 9.68 Å². The normalized spacial score (nSPS) is 11.3. The standard InChI is InChI=1S/C14H11Cl3N2O2/c15-10-3-1-9(2-4-10)8-20-19-14(21-18)12-6-5-11(16)7-13(12)17/h1-7H,8,18H2. The first-order valence-electron chi connectivity index (χ1n) is 5.86. The van der Waals surface area contributed by atoms with E-state index >= 15 is 0 Å². The molecule has 0 radical (unpaired) electrons. The predicted molar refractivity (Wildman–Crippen MR) is 84.5 cm³/mol. The molecule has 21 heavy (non-hydrogen) atoms. The van der Waals surface area contributed by atoms with E-state index in [9.17, 15) is 0 Å². The summed E-state index contributed by atoms with van der Waals surface area (Å²) in [6, 6.07) is 12.0. The van der Waals surface area contributed by atoms with Gasteiger partial charge in [0.05, 0.1) is 10.6 Å². The number of benzene rings is 2. The van der Waals surface area contributed by atoms with E-state index in [1.54, 1.807) is 30.3 Å². The predicted octanol–water partition coefficient (Wildman–Crippen LogP) is 4.42. The number of halogens is 3. The first-order valence-corrected chi connectivity index (χ1v) is 7.00. The van der Waals surface area contributed by atoms with Crippen LogP contribution in [-0.4, -0.2) is 5.90 Å². The van der Waals surface area contributed by atoms with Gasteiger partial charge in [0, 0.05) is 10.0 Å². The molecule has 0 spiro atoms. The van der Waals surface area contributed by atoms with Gasteiger partial charge in [0.15, 0.2) is 0 Å². The zero-order valence-corrected chi connectivity index (χ0v) is 13.0. The van der Waals surface area contributed by atoms with Crippen LogP contribution in [0.15, 0.2) is 47.6 Å². The Hall–Kier alpha value is -1.46. The van der Waals surface area contributed by atoms with Crippen molar-refractivity contribution in [3.8, 4) is 0 Å². The molecule has 0 unspecified atom stereocenters. The minimum Gasteiger partial charge on any atom is -0.388 e. The second-order valence-electron chi connectivity index (χ2n) is 4.04. The van der Waals surface area contributed by atoms with E-state index in [0.717, 1.165) is 5.56 Å². The summed E-state index contributed by atoms with van der Waals surface area (Å²) in [7, 11) is 0. The number of rotatable bonds is 4. The van der Waals surface area contributed by atoms with Crippen LogP contribution >= 0.6 is 34.8 Å². The summed E-state index contributed by atoms with van der Waals surface area (Å²) in [5.74, 6) is 5.25. The quantitative estimate of drug-likeness (QED) is 0.507. The number of hydrogen-bond acceptors (Lipinski definition) is 4. The fourth-order valence-corrected chi connectivity index (χ4v) is 2.16. The minimum atomic E-state index is 0.0608. The summed E-state index contributed by atoms with van der Waals surface area (Å²) in [5.41, 5.74) is 1.39. The molecule has 0 bridgehead atoms. The van der Waals surface area contributed by atoms with Crippen LogP contribution in [0, 0.1) is 0 Å². The van der Waals surface area contributed by atoms with E-state index in [2.05, 4.69) is 5.16 Å². The molecule has 0 amide bonds. The molecule has 0 aliphatic heterocycles. The second kappa shape index (κ2) is 7.52. The van der Waals surface area contributed by atoms with Gasteiger partial charge in [0.25, 0.3) is 5.90 Å². The molecule has 0 atom stereocenters. The van der Waals surface area contributed by atoms with E-state index in [-0.39, 0.29) is 12.5 Å². The third kappa shape index (κ3) is 4.51. The highest BCUT2D eigenvalue weighted by Gasteiger charge is 2.10. The van der Waals surface area contributed by atoms with Gasteiger partial charge in [-0.05, 0) is 41.1 Å². The van der Waals surface area contributed by atoms with Crippen LogP contribution in [0.2, 0.25) is 15.1 Å². The van der Waals surface area contributed by atoms with E-state index in [1.807, 2.05) is 12.1 Å². The smallest absolute Gasteiger partial charge is 0.281 e. The van der Waals surface area contributed by atoms with Gasteiger partial charge in [0.1, 0.15) is 6.61 Å².